The molecule has 0 spiro atoms. The van der Waals surface area contributed by atoms with E-state index in [4.69, 9.17) is 0 Å². The van der Waals surface area contributed by atoms with Crippen LogP contribution >= 0.6 is 11.3 Å². The van der Waals surface area contributed by atoms with Gasteiger partial charge in [0.05, 0.1) is 22.7 Å². The average Bonchev–Trinajstić information content (AvgIpc) is 2.55. The van der Waals surface area contributed by atoms with Gasteiger partial charge in [-0.1, -0.05) is 13.8 Å². The summed E-state index contributed by atoms with van der Waals surface area (Å²) in [6.45, 7) is 12.9. The van der Waals surface area contributed by atoms with Gasteiger partial charge in [0, 0.05) is 0 Å². The van der Waals surface area contributed by atoms with Gasteiger partial charge in [0.15, 0.2) is 0 Å². The van der Waals surface area contributed by atoms with Gasteiger partial charge < -0.3 is 5.11 Å². The number of hydrogen-bond donors (Lipinski definition) is 1. The molecule has 0 saturated heterocycles. The molecule has 4 heteroatoms. The SMILES string of the molecule is CCN(CC)Cc1nc(C)c(C(C)(C)O)s1. The molecule has 16 heavy (non-hydrogen) atoms. The molecular formula is C12H22N2OS. The Morgan fingerprint density at radius 3 is 2.25 bits per heavy atom. The molecule has 0 aliphatic carbocycles. The van der Waals surface area contributed by atoms with E-state index < -0.39 is 5.60 Å². The van der Waals surface area contributed by atoms with E-state index in [1.807, 2.05) is 20.8 Å². The van der Waals surface area contributed by atoms with Gasteiger partial charge in [-0.15, -0.1) is 11.3 Å². The lowest BCUT2D eigenvalue weighted by atomic mass is 10.1. The first-order valence-electron chi connectivity index (χ1n) is 5.80. The average molecular weight is 242 g/mol. The lowest BCUT2D eigenvalue weighted by molar-refractivity contribution is 0.0817. The van der Waals surface area contributed by atoms with Crippen LogP contribution in [0.1, 0.15) is 43.3 Å². The summed E-state index contributed by atoms with van der Waals surface area (Å²) in [7, 11) is 0. The minimum Gasteiger partial charge on any atom is -0.385 e. The molecule has 1 rings (SSSR count). The van der Waals surface area contributed by atoms with Gasteiger partial charge in [-0.2, -0.15) is 0 Å². The van der Waals surface area contributed by atoms with Crippen LogP contribution in [-0.2, 0) is 12.1 Å². The van der Waals surface area contributed by atoms with Crippen LogP contribution in [0.15, 0.2) is 0 Å². The third kappa shape index (κ3) is 3.27. The number of rotatable bonds is 5. The van der Waals surface area contributed by atoms with Crippen molar-refractivity contribution in [3.05, 3.63) is 15.6 Å². The van der Waals surface area contributed by atoms with Crippen molar-refractivity contribution in [2.45, 2.75) is 46.8 Å². The summed E-state index contributed by atoms with van der Waals surface area (Å²) in [6, 6.07) is 0. The van der Waals surface area contributed by atoms with E-state index in [-0.39, 0.29) is 0 Å². The van der Waals surface area contributed by atoms with E-state index >= 15 is 0 Å². The van der Waals surface area contributed by atoms with Crippen LogP contribution in [0, 0.1) is 6.92 Å². The smallest absolute Gasteiger partial charge is 0.107 e. The molecule has 0 aliphatic rings. The number of aryl methyl sites for hydroxylation is 1. The van der Waals surface area contributed by atoms with E-state index in [0.717, 1.165) is 35.2 Å². The Kier molecular flexibility index (Phi) is 4.47. The molecule has 0 bridgehead atoms. The fourth-order valence-corrected chi connectivity index (χ4v) is 2.83. The van der Waals surface area contributed by atoms with Crippen LogP contribution in [-0.4, -0.2) is 28.1 Å². The highest BCUT2D eigenvalue weighted by molar-refractivity contribution is 7.11. The van der Waals surface area contributed by atoms with Gasteiger partial charge in [0.2, 0.25) is 0 Å². The molecule has 0 atom stereocenters. The number of nitrogens with zero attached hydrogens (tertiary/aromatic N) is 2. The van der Waals surface area contributed by atoms with E-state index in [1.54, 1.807) is 11.3 Å². The molecule has 0 fully saturated rings. The highest BCUT2D eigenvalue weighted by Gasteiger charge is 2.23. The molecule has 0 unspecified atom stereocenters. The molecule has 0 aromatic carbocycles. The van der Waals surface area contributed by atoms with Gasteiger partial charge in [0.1, 0.15) is 5.01 Å². The van der Waals surface area contributed by atoms with E-state index in [0.29, 0.717) is 0 Å². The molecule has 3 nitrogen and oxygen atoms in total. The maximum absolute atomic E-state index is 9.99. The molecule has 0 radical (unpaired) electrons. The van der Waals surface area contributed by atoms with Gasteiger partial charge in [0.25, 0.3) is 0 Å². The molecule has 0 aliphatic heterocycles. The van der Waals surface area contributed by atoms with Crippen LogP contribution < -0.4 is 0 Å². The molecule has 0 saturated carbocycles. The van der Waals surface area contributed by atoms with Crippen LogP contribution in [0.25, 0.3) is 0 Å². The first-order chi connectivity index (χ1) is 7.38. The van der Waals surface area contributed by atoms with Gasteiger partial charge in [-0.3, -0.25) is 4.90 Å². The molecule has 1 heterocycles. The lowest BCUT2D eigenvalue weighted by Gasteiger charge is -2.16. The Bertz CT molecular complexity index is 337. The van der Waals surface area contributed by atoms with E-state index in [9.17, 15) is 5.11 Å². The van der Waals surface area contributed by atoms with Crippen molar-refractivity contribution in [3.8, 4) is 0 Å². The van der Waals surface area contributed by atoms with Crippen molar-refractivity contribution in [2.75, 3.05) is 13.1 Å². The number of thiazole rings is 1. The second kappa shape index (κ2) is 5.25. The van der Waals surface area contributed by atoms with Crippen molar-refractivity contribution in [1.29, 1.82) is 0 Å². The summed E-state index contributed by atoms with van der Waals surface area (Å²) in [5.74, 6) is 0. The monoisotopic (exact) mass is 242 g/mol. The summed E-state index contributed by atoms with van der Waals surface area (Å²) >= 11 is 1.62. The largest absolute Gasteiger partial charge is 0.385 e. The topological polar surface area (TPSA) is 36.4 Å². The Morgan fingerprint density at radius 2 is 1.88 bits per heavy atom. The van der Waals surface area contributed by atoms with Crippen LogP contribution in [0.3, 0.4) is 0 Å². The Balaban J connectivity index is 2.85. The zero-order chi connectivity index (χ0) is 12.3. The fraction of sp³-hybridized carbons (Fsp3) is 0.750. The molecule has 1 N–H and O–H groups in total. The second-order valence-corrected chi connectivity index (χ2v) is 5.63. The van der Waals surface area contributed by atoms with Crippen molar-refractivity contribution in [1.82, 2.24) is 9.88 Å². The summed E-state index contributed by atoms with van der Waals surface area (Å²) < 4.78 is 0. The zero-order valence-electron chi connectivity index (χ0n) is 10.9. The predicted octanol–water partition coefficient (Wildman–Crippen LogP) is 2.52. The Hall–Kier alpha value is -0.450. The van der Waals surface area contributed by atoms with Crippen molar-refractivity contribution in [3.63, 3.8) is 0 Å². The van der Waals surface area contributed by atoms with Crippen LogP contribution in [0.4, 0.5) is 0 Å². The molecule has 1 aromatic heterocycles. The molecule has 0 amide bonds. The predicted molar refractivity (Wildman–Crippen MR) is 68.7 cm³/mol. The third-order valence-electron chi connectivity index (χ3n) is 2.65. The Labute approximate surface area is 102 Å². The third-order valence-corrected chi connectivity index (χ3v) is 4.10. The normalized spacial score (nSPS) is 12.4. The van der Waals surface area contributed by atoms with Crippen molar-refractivity contribution in [2.24, 2.45) is 0 Å². The number of aliphatic hydroxyl groups is 1. The zero-order valence-corrected chi connectivity index (χ0v) is 11.7. The number of aromatic nitrogens is 1. The maximum Gasteiger partial charge on any atom is 0.107 e. The van der Waals surface area contributed by atoms with Crippen LogP contribution in [0.2, 0.25) is 0 Å². The molecule has 92 valence electrons. The summed E-state index contributed by atoms with van der Waals surface area (Å²) in [6.07, 6.45) is 0. The van der Waals surface area contributed by atoms with Gasteiger partial charge in [-0.05, 0) is 33.9 Å². The standard InChI is InChI=1S/C12H22N2OS/c1-6-14(7-2)8-10-13-9(3)11(16-10)12(4,5)15/h15H,6-8H2,1-5H3. The van der Waals surface area contributed by atoms with E-state index in [2.05, 4.69) is 23.7 Å². The minimum absolute atomic E-state index is 0.775. The minimum atomic E-state index is -0.775. The highest BCUT2D eigenvalue weighted by atomic mass is 32.1. The van der Waals surface area contributed by atoms with Gasteiger partial charge in [-0.25, -0.2) is 4.98 Å². The summed E-state index contributed by atoms with van der Waals surface area (Å²) in [5.41, 5.74) is 0.183. The fourth-order valence-electron chi connectivity index (χ4n) is 1.73. The first kappa shape index (κ1) is 13.6. The quantitative estimate of drug-likeness (QED) is 0.862. The molecular weight excluding hydrogens is 220 g/mol. The summed E-state index contributed by atoms with van der Waals surface area (Å²) in [4.78, 5) is 7.84. The number of hydrogen-bond acceptors (Lipinski definition) is 4. The van der Waals surface area contributed by atoms with Crippen molar-refractivity contribution >= 4 is 11.3 Å². The van der Waals surface area contributed by atoms with E-state index in [1.165, 1.54) is 0 Å². The Morgan fingerprint density at radius 1 is 1.31 bits per heavy atom. The first-order valence-corrected chi connectivity index (χ1v) is 6.61. The second-order valence-electron chi connectivity index (χ2n) is 4.54. The lowest BCUT2D eigenvalue weighted by Crippen LogP contribution is -2.21. The maximum atomic E-state index is 9.99. The van der Waals surface area contributed by atoms with Gasteiger partial charge >= 0.3 is 0 Å². The van der Waals surface area contributed by atoms with Crippen LogP contribution in [0.5, 0.6) is 0 Å². The summed E-state index contributed by atoms with van der Waals surface area (Å²) in [5, 5.41) is 11.1. The molecule has 1 aromatic rings. The highest BCUT2D eigenvalue weighted by Crippen LogP contribution is 2.29. The van der Waals surface area contributed by atoms with Crippen molar-refractivity contribution < 1.29 is 5.11 Å².